The van der Waals surface area contributed by atoms with E-state index < -0.39 is 0 Å². The van der Waals surface area contributed by atoms with Crippen LogP contribution >= 0.6 is 0 Å². The number of benzene rings is 1. The first-order valence-corrected chi connectivity index (χ1v) is 7.10. The van der Waals surface area contributed by atoms with Crippen molar-refractivity contribution in [1.29, 1.82) is 5.26 Å². The summed E-state index contributed by atoms with van der Waals surface area (Å²) in [7, 11) is 2.15. The Labute approximate surface area is 115 Å². The zero-order valence-electron chi connectivity index (χ0n) is 11.6. The molecule has 1 fully saturated rings. The van der Waals surface area contributed by atoms with E-state index in [1.54, 1.807) is 6.07 Å². The van der Waals surface area contributed by atoms with Crippen LogP contribution in [0.25, 0.3) is 0 Å². The maximum Gasteiger partial charge on any atom is 0.137 e. The smallest absolute Gasteiger partial charge is 0.137 e. The van der Waals surface area contributed by atoms with Crippen molar-refractivity contribution in [2.24, 2.45) is 5.92 Å². The lowest BCUT2D eigenvalue weighted by atomic mass is 10.1. The third-order valence-electron chi connectivity index (χ3n) is 3.78. The van der Waals surface area contributed by atoms with Gasteiger partial charge in [-0.05, 0) is 37.9 Å². The molecular formula is C16H22N2O. The van der Waals surface area contributed by atoms with Crippen molar-refractivity contribution in [2.45, 2.75) is 25.7 Å². The van der Waals surface area contributed by atoms with Crippen molar-refractivity contribution in [3.8, 4) is 11.8 Å². The zero-order chi connectivity index (χ0) is 13.5. The monoisotopic (exact) mass is 258 g/mol. The molecule has 1 aliphatic carbocycles. The van der Waals surface area contributed by atoms with E-state index in [4.69, 9.17) is 10.00 Å². The van der Waals surface area contributed by atoms with Gasteiger partial charge in [-0.15, -0.1) is 0 Å². The molecule has 0 aliphatic heterocycles. The van der Waals surface area contributed by atoms with Crippen molar-refractivity contribution in [3.63, 3.8) is 0 Å². The summed E-state index contributed by atoms with van der Waals surface area (Å²) in [5.41, 5.74) is 0.612. The minimum absolute atomic E-state index is 0.612. The number of hydrogen-bond donors (Lipinski definition) is 0. The molecule has 0 amide bonds. The Hall–Kier alpha value is -1.53. The van der Waals surface area contributed by atoms with Crippen molar-refractivity contribution in [2.75, 3.05) is 26.7 Å². The van der Waals surface area contributed by atoms with Crippen LogP contribution in [0.15, 0.2) is 24.3 Å². The van der Waals surface area contributed by atoms with Crippen LogP contribution in [0.3, 0.4) is 0 Å². The molecule has 0 unspecified atom stereocenters. The second-order valence-corrected chi connectivity index (χ2v) is 5.37. The van der Waals surface area contributed by atoms with E-state index in [2.05, 4.69) is 18.0 Å². The van der Waals surface area contributed by atoms with Gasteiger partial charge in [0.1, 0.15) is 18.4 Å². The molecule has 2 rings (SSSR count). The fraction of sp³-hybridized carbons (Fsp3) is 0.562. The molecule has 0 N–H and O–H groups in total. The van der Waals surface area contributed by atoms with Gasteiger partial charge in [-0.1, -0.05) is 25.0 Å². The highest BCUT2D eigenvalue weighted by Gasteiger charge is 2.16. The average molecular weight is 258 g/mol. The molecule has 1 aromatic carbocycles. The molecule has 0 spiro atoms. The van der Waals surface area contributed by atoms with Crippen molar-refractivity contribution in [3.05, 3.63) is 29.8 Å². The number of para-hydroxylation sites is 1. The van der Waals surface area contributed by atoms with Gasteiger partial charge in [-0.2, -0.15) is 5.26 Å². The van der Waals surface area contributed by atoms with Crippen LogP contribution in [-0.4, -0.2) is 31.6 Å². The molecule has 1 aromatic rings. The molecule has 19 heavy (non-hydrogen) atoms. The Morgan fingerprint density at radius 3 is 2.79 bits per heavy atom. The third-order valence-corrected chi connectivity index (χ3v) is 3.78. The minimum atomic E-state index is 0.612. The van der Waals surface area contributed by atoms with Gasteiger partial charge in [0.25, 0.3) is 0 Å². The van der Waals surface area contributed by atoms with Crippen LogP contribution in [0, 0.1) is 17.2 Å². The summed E-state index contributed by atoms with van der Waals surface area (Å²) in [6.45, 7) is 2.72. The van der Waals surface area contributed by atoms with Crippen LogP contribution in [0.1, 0.15) is 31.2 Å². The zero-order valence-corrected chi connectivity index (χ0v) is 11.6. The van der Waals surface area contributed by atoms with Gasteiger partial charge < -0.3 is 9.64 Å². The maximum absolute atomic E-state index is 8.98. The van der Waals surface area contributed by atoms with Crippen LogP contribution in [-0.2, 0) is 0 Å². The Morgan fingerprint density at radius 1 is 1.32 bits per heavy atom. The van der Waals surface area contributed by atoms with Crippen molar-refractivity contribution >= 4 is 0 Å². The van der Waals surface area contributed by atoms with Gasteiger partial charge in [0.2, 0.25) is 0 Å². The first kappa shape index (κ1) is 13.9. The summed E-state index contributed by atoms with van der Waals surface area (Å²) in [4.78, 5) is 2.34. The quantitative estimate of drug-likeness (QED) is 0.787. The number of ether oxygens (including phenoxy) is 1. The molecule has 0 saturated heterocycles. The number of nitrogens with zero attached hydrogens (tertiary/aromatic N) is 2. The SMILES string of the molecule is CN(CCOc1ccccc1C#N)CC1CCCC1. The summed E-state index contributed by atoms with van der Waals surface area (Å²) in [6, 6.07) is 9.56. The lowest BCUT2D eigenvalue weighted by Gasteiger charge is -2.20. The Kier molecular flexibility index (Phi) is 5.23. The predicted molar refractivity (Wildman–Crippen MR) is 76.1 cm³/mol. The Morgan fingerprint density at radius 2 is 2.05 bits per heavy atom. The topological polar surface area (TPSA) is 36.3 Å². The molecule has 0 bridgehead atoms. The summed E-state index contributed by atoms with van der Waals surface area (Å²) >= 11 is 0. The number of nitriles is 1. The second-order valence-electron chi connectivity index (χ2n) is 5.37. The molecule has 0 heterocycles. The lowest BCUT2D eigenvalue weighted by Crippen LogP contribution is -2.28. The average Bonchev–Trinajstić information content (AvgIpc) is 2.92. The molecule has 3 heteroatoms. The summed E-state index contributed by atoms with van der Waals surface area (Å²) in [5, 5.41) is 8.98. The highest BCUT2D eigenvalue weighted by Crippen LogP contribution is 2.25. The van der Waals surface area contributed by atoms with Crippen molar-refractivity contribution < 1.29 is 4.74 Å². The predicted octanol–water partition coefficient (Wildman–Crippen LogP) is 3.06. The van der Waals surface area contributed by atoms with Crippen LogP contribution < -0.4 is 4.74 Å². The second kappa shape index (κ2) is 7.16. The van der Waals surface area contributed by atoms with E-state index in [1.807, 2.05) is 18.2 Å². The molecule has 1 saturated carbocycles. The molecule has 0 atom stereocenters. The van der Waals surface area contributed by atoms with E-state index in [1.165, 1.54) is 32.2 Å². The minimum Gasteiger partial charge on any atom is -0.491 e. The van der Waals surface area contributed by atoms with Gasteiger partial charge >= 0.3 is 0 Å². The molecule has 3 nitrogen and oxygen atoms in total. The van der Waals surface area contributed by atoms with Crippen LogP contribution in [0.2, 0.25) is 0 Å². The van der Waals surface area contributed by atoms with E-state index in [-0.39, 0.29) is 0 Å². The highest BCUT2D eigenvalue weighted by atomic mass is 16.5. The first-order valence-electron chi connectivity index (χ1n) is 7.10. The largest absolute Gasteiger partial charge is 0.491 e. The maximum atomic E-state index is 8.98. The van der Waals surface area contributed by atoms with Crippen LogP contribution in [0.5, 0.6) is 5.75 Å². The molecule has 102 valence electrons. The van der Waals surface area contributed by atoms with E-state index in [9.17, 15) is 0 Å². The van der Waals surface area contributed by atoms with E-state index >= 15 is 0 Å². The normalized spacial score (nSPS) is 15.6. The van der Waals surface area contributed by atoms with Gasteiger partial charge in [-0.3, -0.25) is 0 Å². The molecule has 0 radical (unpaired) electrons. The lowest BCUT2D eigenvalue weighted by molar-refractivity contribution is 0.215. The van der Waals surface area contributed by atoms with Gasteiger partial charge in [-0.25, -0.2) is 0 Å². The Bertz CT molecular complexity index is 433. The van der Waals surface area contributed by atoms with Gasteiger partial charge in [0.15, 0.2) is 0 Å². The molecular weight excluding hydrogens is 236 g/mol. The van der Waals surface area contributed by atoms with E-state index in [0.29, 0.717) is 17.9 Å². The third kappa shape index (κ3) is 4.25. The summed E-state index contributed by atoms with van der Waals surface area (Å²) < 4.78 is 5.70. The number of likely N-dealkylation sites (N-methyl/N-ethyl adjacent to an activating group) is 1. The fourth-order valence-corrected chi connectivity index (χ4v) is 2.72. The molecule has 1 aliphatic rings. The highest BCUT2D eigenvalue weighted by molar-refractivity contribution is 5.42. The van der Waals surface area contributed by atoms with Gasteiger partial charge in [0.05, 0.1) is 5.56 Å². The number of hydrogen-bond acceptors (Lipinski definition) is 3. The fourth-order valence-electron chi connectivity index (χ4n) is 2.72. The number of rotatable bonds is 6. The van der Waals surface area contributed by atoms with Gasteiger partial charge in [0, 0.05) is 13.1 Å². The first-order chi connectivity index (χ1) is 9.29. The summed E-state index contributed by atoms with van der Waals surface area (Å²) in [5.74, 6) is 1.57. The van der Waals surface area contributed by atoms with Crippen LogP contribution in [0.4, 0.5) is 0 Å². The van der Waals surface area contributed by atoms with E-state index in [0.717, 1.165) is 12.5 Å². The standard InChI is InChI=1S/C16H22N2O/c1-18(13-14-6-2-3-7-14)10-11-19-16-9-5-4-8-15(16)12-17/h4-5,8-9,14H,2-3,6-7,10-11,13H2,1H3. The van der Waals surface area contributed by atoms with Crippen molar-refractivity contribution in [1.82, 2.24) is 4.90 Å². The Balaban J connectivity index is 1.72. The molecule has 0 aromatic heterocycles. The summed E-state index contributed by atoms with van der Waals surface area (Å²) in [6.07, 6.45) is 5.54.